The Hall–Kier alpha value is -3.17. The zero-order valence-electron chi connectivity index (χ0n) is 22.0. The molecular weight excluding hydrogens is 496 g/mol. The summed E-state index contributed by atoms with van der Waals surface area (Å²) in [5, 5.41) is 8.91. The van der Waals surface area contributed by atoms with E-state index >= 15 is 0 Å². The largest absolute Gasteiger partial charge is 0.481 e. The SMILES string of the molecule is C=C1CCC2C(C)(COC(=O)CCC(=O)O)C3CCC2(C)C1CC=C1C(=O)OCC1OC(=O)CCC(=O)O3. The van der Waals surface area contributed by atoms with Crippen LogP contribution in [0.2, 0.25) is 0 Å². The molecule has 10 nitrogen and oxygen atoms in total. The molecule has 5 aliphatic rings. The zero-order chi connectivity index (χ0) is 27.7. The van der Waals surface area contributed by atoms with Crippen LogP contribution in [0, 0.1) is 22.7 Å². The van der Waals surface area contributed by atoms with Crippen molar-refractivity contribution >= 4 is 29.8 Å². The minimum atomic E-state index is -1.09. The summed E-state index contributed by atoms with van der Waals surface area (Å²) in [6, 6.07) is 0. The van der Waals surface area contributed by atoms with Crippen LogP contribution in [-0.4, -0.2) is 60.4 Å². The van der Waals surface area contributed by atoms with Gasteiger partial charge in [0.25, 0.3) is 0 Å². The molecule has 10 heteroatoms. The number of rotatable bonds is 5. The summed E-state index contributed by atoms with van der Waals surface area (Å²) < 4.78 is 22.1. The van der Waals surface area contributed by atoms with Gasteiger partial charge in [0, 0.05) is 5.41 Å². The van der Waals surface area contributed by atoms with Gasteiger partial charge in [0.1, 0.15) is 19.3 Å². The predicted octanol–water partition coefficient (Wildman–Crippen LogP) is 3.27. The van der Waals surface area contributed by atoms with Crippen molar-refractivity contribution in [3.05, 3.63) is 23.8 Å². The molecule has 0 aromatic heterocycles. The van der Waals surface area contributed by atoms with E-state index in [1.165, 1.54) is 0 Å². The number of carbonyl (C=O) groups excluding carboxylic acids is 4. The normalized spacial score (nSPS) is 35.6. The molecule has 2 aliphatic carbocycles. The number of carbonyl (C=O) groups is 5. The van der Waals surface area contributed by atoms with Gasteiger partial charge in [-0.3, -0.25) is 19.2 Å². The average molecular weight is 533 g/mol. The van der Waals surface area contributed by atoms with Crippen molar-refractivity contribution in [1.82, 2.24) is 0 Å². The molecule has 2 saturated carbocycles. The van der Waals surface area contributed by atoms with Crippen molar-refractivity contribution in [3.63, 3.8) is 0 Å². The molecular formula is C28H36O10. The molecule has 5 rings (SSSR count). The molecule has 3 heterocycles. The Morgan fingerprint density at radius 3 is 2.50 bits per heavy atom. The van der Waals surface area contributed by atoms with E-state index < -0.39 is 47.5 Å². The highest BCUT2D eigenvalue weighted by atomic mass is 16.6. The number of hydrogen-bond acceptors (Lipinski definition) is 9. The average Bonchev–Trinajstić information content (AvgIpc) is 3.19. The number of aliphatic carboxylic acids is 1. The van der Waals surface area contributed by atoms with Crippen LogP contribution in [-0.2, 0) is 42.9 Å². The van der Waals surface area contributed by atoms with Gasteiger partial charge in [0.15, 0.2) is 6.10 Å². The first-order valence-electron chi connectivity index (χ1n) is 13.2. The minimum absolute atomic E-state index is 0.0117. The molecule has 208 valence electrons. The smallest absolute Gasteiger partial charge is 0.337 e. The number of carboxylic acids is 1. The summed E-state index contributed by atoms with van der Waals surface area (Å²) in [5.74, 6) is -3.43. The van der Waals surface area contributed by atoms with Crippen LogP contribution in [0.1, 0.15) is 71.6 Å². The molecule has 6 unspecified atom stereocenters. The number of allylic oxidation sites excluding steroid dienone is 2. The number of carboxylic acid groups (broad SMARTS) is 1. The van der Waals surface area contributed by atoms with E-state index in [0.29, 0.717) is 18.4 Å². The van der Waals surface area contributed by atoms with Gasteiger partial charge in [0.05, 0.1) is 31.3 Å². The topological polar surface area (TPSA) is 142 Å². The summed E-state index contributed by atoms with van der Waals surface area (Å²) in [6.45, 7) is 8.40. The third-order valence-corrected chi connectivity index (χ3v) is 9.01. The second-order valence-corrected chi connectivity index (χ2v) is 11.4. The number of fused-ring (bicyclic) bond motifs is 7. The summed E-state index contributed by atoms with van der Waals surface area (Å²) in [7, 11) is 0. The summed E-state index contributed by atoms with van der Waals surface area (Å²) in [4.78, 5) is 61.0. The van der Waals surface area contributed by atoms with Crippen molar-refractivity contribution in [2.45, 2.75) is 83.8 Å². The highest BCUT2D eigenvalue weighted by Gasteiger charge is 2.59. The van der Waals surface area contributed by atoms with E-state index in [9.17, 15) is 24.0 Å². The highest BCUT2D eigenvalue weighted by molar-refractivity contribution is 5.92. The van der Waals surface area contributed by atoms with Crippen molar-refractivity contribution in [1.29, 1.82) is 0 Å². The Bertz CT molecular complexity index is 1060. The number of ether oxygens (including phenoxy) is 4. The quantitative estimate of drug-likeness (QED) is 0.318. The van der Waals surface area contributed by atoms with E-state index in [2.05, 4.69) is 13.5 Å². The fourth-order valence-corrected chi connectivity index (χ4v) is 6.96. The monoisotopic (exact) mass is 532 g/mol. The molecule has 3 aliphatic heterocycles. The molecule has 1 N–H and O–H groups in total. The van der Waals surface area contributed by atoms with Gasteiger partial charge in [-0.2, -0.15) is 0 Å². The summed E-state index contributed by atoms with van der Waals surface area (Å²) >= 11 is 0. The Morgan fingerprint density at radius 1 is 1.08 bits per heavy atom. The fourth-order valence-electron chi connectivity index (χ4n) is 6.96. The molecule has 0 spiro atoms. The van der Waals surface area contributed by atoms with Crippen molar-refractivity contribution in [2.24, 2.45) is 22.7 Å². The zero-order valence-corrected chi connectivity index (χ0v) is 22.0. The van der Waals surface area contributed by atoms with Crippen LogP contribution >= 0.6 is 0 Å². The molecule has 38 heavy (non-hydrogen) atoms. The highest BCUT2D eigenvalue weighted by Crippen LogP contribution is 2.62. The number of esters is 4. The molecule has 1 saturated heterocycles. The van der Waals surface area contributed by atoms with Crippen LogP contribution in [0.15, 0.2) is 23.8 Å². The van der Waals surface area contributed by atoms with E-state index in [1.54, 1.807) is 6.08 Å². The molecule has 0 aromatic carbocycles. The van der Waals surface area contributed by atoms with Crippen LogP contribution in [0.5, 0.6) is 0 Å². The van der Waals surface area contributed by atoms with Gasteiger partial charge in [-0.15, -0.1) is 0 Å². The minimum Gasteiger partial charge on any atom is -0.481 e. The van der Waals surface area contributed by atoms with Crippen LogP contribution in [0.4, 0.5) is 0 Å². The first-order valence-corrected chi connectivity index (χ1v) is 13.2. The Kier molecular flexibility index (Phi) is 7.99. The van der Waals surface area contributed by atoms with E-state index in [1.807, 2.05) is 6.92 Å². The van der Waals surface area contributed by atoms with Gasteiger partial charge in [-0.1, -0.05) is 32.1 Å². The van der Waals surface area contributed by atoms with Crippen molar-refractivity contribution in [2.75, 3.05) is 13.2 Å². The lowest BCUT2D eigenvalue weighted by atomic mass is 9.46. The lowest BCUT2D eigenvalue weighted by molar-refractivity contribution is -0.194. The Labute approximate surface area is 221 Å². The standard InChI is InChI=1S/C28H36O10/c1-16-4-7-20-27(2)13-12-21(28(20,3)15-36-23(31)9-8-22(29)30)38-25(33)11-10-24(32)37-19-14-35-26(34)17(19)5-6-18(16)27/h5,18-21H,1,4,6-15H2,2-3H3,(H,29,30). The van der Waals surface area contributed by atoms with Crippen LogP contribution in [0.3, 0.4) is 0 Å². The number of cyclic esters (lactones) is 1. The Morgan fingerprint density at radius 2 is 1.79 bits per heavy atom. The van der Waals surface area contributed by atoms with E-state index in [4.69, 9.17) is 24.1 Å². The number of hydrogen-bond donors (Lipinski definition) is 1. The first-order chi connectivity index (χ1) is 17.9. The molecule has 0 amide bonds. The van der Waals surface area contributed by atoms with Gasteiger partial charge in [0.2, 0.25) is 0 Å². The first kappa shape index (κ1) is 27.9. The molecule has 0 radical (unpaired) electrons. The van der Waals surface area contributed by atoms with Crippen molar-refractivity contribution in [3.8, 4) is 0 Å². The molecule has 4 bridgehead atoms. The molecule has 0 aromatic rings. The van der Waals surface area contributed by atoms with Gasteiger partial charge in [-0.05, 0) is 49.4 Å². The maximum Gasteiger partial charge on any atom is 0.337 e. The van der Waals surface area contributed by atoms with Gasteiger partial charge >= 0.3 is 29.8 Å². The third-order valence-electron chi connectivity index (χ3n) is 9.01. The summed E-state index contributed by atoms with van der Waals surface area (Å²) in [6.07, 6.45) is 2.70. The van der Waals surface area contributed by atoms with Crippen LogP contribution in [0.25, 0.3) is 0 Å². The maximum atomic E-state index is 12.8. The van der Waals surface area contributed by atoms with Crippen molar-refractivity contribution < 1.29 is 48.0 Å². The maximum absolute atomic E-state index is 12.8. The second kappa shape index (κ2) is 10.9. The predicted molar refractivity (Wildman–Crippen MR) is 131 cm³/mol. The lowest BCUT2D eigenvalue weighted by Crippen LogP contribution is -2.58. The third kappa shape index (κ3) is 5.49. The Balaban J connectivity index is 1.68. The molecule has 6 atom stereocenters. The van der Waals surface area contributed by atoms with E-state index in [-0.39, 0.29) is 56.1 Å². The summed E-state index contributed by atoms with van der Waals surface area (Å²) in [5.41, 5.74) is 0.314. The van der Waals surface area contributed by atoms with Gasteiger partial charge in [-0.25, -0.2) is 4.79 Å². The van der Waals surface area contributed by atoms with E-state index in [0.717, 1.165) is 24.8 Å². The molecule has 3 fully saturated rings. The fraction of sp³-hybridized carbons (Fsp3) is 0.679. The second-order valence-electron chi connectivity index (χ2n) is 11.4. The van der Waals surface area contributed by atoms with Crippen LogP contribution < -0.4 is 0 Å². The van der Waals surface area contributed by atoms with Gasteiger partial charge < -0.3 is 24.1 Å². The lowest BCUT2D eigenvalue weighted by Gasteiger charge is -2.60.